The van der Waals surface area contributed by atoms with E-state index in [0.717, 1.165) is 18.8 Å². The summed E-state index contributed by atoms with van der Waals surface area (Å²) < 4.78 is 5.97. The van der Waals surface area contributed by atoms with Gasteiger partial charge in [0.2, 0.25) is 0 Å². The molecule has 2 nitrogen and oxygen atoms in total. The van der Waals surface area contributed by atoms with E-state index >= 15 is 0 Å². The molecule has 0 spiro atoms. The predicted octanol–water partition coefficient (Wildman–Crippen LogP) is 2.76. The van der Waals surface area contributed by atoms with Crippen LogP contribution in [0.5, 0.6) is 5.75 Å². The zero-order chi connectivity index (χ0) is 11.3. The molecule has 15 heavy (non-hydrogen) atoms. The van der Waals surface area contributed by atoms with E-state index in [1.54, 1.807) is 0 Å². The van der Waals surface area contributed by atoms with Gasteiger partial charge in [-0.2, -0.15) is 0 Å². The molecule has 0 heterocycles. The lowest BCUT2D eigenvalue weighted by Gasteiger charge is -2.27. The fourth-order valence-corrected chi connectivity index (χ4v) is 1.43. The molecular weight excluding hydrogens is 186 g/mol. The van der Waals surface area contributed by atoms with Crippen LogP contribution in [0.25, 0.3) is 0 Å². The van der Waals surface area contributed by atoms with Crippen LogP contribution in [0.3, 0.4) is 0 Å². The number of hydrogen-bond acceptors (Lipinski definition) is 2. The van der Waals surface area contributed by atoms with Crippen LogP contribution in [0.1, 0.15) is 26.3 Å². The van der Waals surface area contributed by atoms with Gasteiger partial charge in [0, 0.05) is 6.54 Å². The lowest BCUT2D eigenvalue weighted by molar-refractivity contribution is 0.108. The van der Waals surface area contributed by atoms with Crippen LogP contribution in [0.2, 0.25) is 0 Å². The summed E-state index contributed by atoms with van der Waals surface area (Å²) in [6.07, 6.45) is 0. The normalized spacial score (nSPS) is 11.5. The summed E-state index contributed by atoms with van der Waals surface area (Å²) in [5.41, 5.74) is 1.02. The monoisotopic (exact) mass is 207 g/mol. The number of rotatable bonds is 5. The summed E-state index contributed by atoms with van der Waals surface area (Å²) in [6.45, 7) is 10.2. The Balaban J connectivity index is 2.64. The van der Waals surface area contributed by atoms with Crippen molar-refractivity contribution in [1.82, 2.24) is 5.32 Å². The lowest BCUT2D eigenvalue weighted by Crippen LogP contribution is -2.40. The standard InChI is InChI=1S/C13H21NO/c1-5-14-10-13(3,4)15-12-9-7-6-8-11(12)2/h6-9,14H,5,10H2,1-4H3. The van der Waals surface area contributed by atoms with Crippen molar-refractivity contribution in [3.63, 3.8) is 0 Å². The molecule has 1 rings (SSSR count). The number of likely N-dealkylation sites (N-methyl/N-ethyl adjacent to an activating group) is 1. The number of hydrogen-bond donors (Lipinski definition) is 1. The third-order valence-electron chi connectivity index (χ3n) is 2.28. The van der Waals surface area contributed by atoms with Crippen LogP contribution in [0, 0.1) is 6.92 Å². The van der Waals surface area contributed by atoms with Gasteiger partial charge >= 0.3 is 0 Å². The molecule has 0 aliphatic rings. The van der Waals surface area contributed by atoms with Crippen LogP contribution in [-0.4, -0.2) is 18.7 Å². The van der Waals surface area contributed by atoms with Gasteiger partial charge in [0.05, 0.1) is 0 Å². The Morgan fingerprint density at radius 1 is 1.27 bits per heavy atom. The Morgan fingerprint density at radius 3 is 2.53 bits per heavy atom. The molecule has 0 bridgehead atoms. The van der Waals surface area contributed by atoms with E-state index in [4.69, 9.17) is 4.74 Å². The van der Waals surface area contributed by atoms with Gasteiger partial charge in [-0.1, -0.05) is 25.1 Å². The van der Waals surface area contributed by atoms with Gasteiger partial charge < -0.3 is 10.1 Å². The van der Waals surface area contributed by atoms with Gasteiger partial charge in [-0.15, -0.1) is 0 Å². The van der Waals surface area contributed by atoms with Crippen molar-refractivity contribution in [3.8, 4) is 5.75 Å². The predicted molar refractivity (Wildman–Crippen MR) is 64.4 cm³/mol. The highest BCUT2D eigenvalue weighted by Crippen LogP contribution is 2.21. The van der Waals surface area contributed by atoms with Gasteiger partial charge in [-0.25, -0.2) is 0 Å². The van der Waals surface area contributed by atoms with Crippen LogP contribution in [0.4, 0.5) is 0 Å². The zero-order valence-corrected chi connectivity index (χ0v) is 10.1. The van der Waals surface area contributed by atoms with Crippen molar-refractivity contribution in [1.29, 1.82) is 0 Å². The first-order chi connectivity index (χ1) is 7.05. The molecule has 0 radical (unpaired) electrons. The second kappa shape index (κ2) is 5.17. The van der Waals surface area contributed by atoms with Gasteiger partial charge in [-0.3, -0.25) is 0 Å². The van der Waals surface area contributed by atoms with E-state index in [0.29, 0.717) is 0 Å². The molecule has 0 fully saturated rings. The highest BCUT2D eigenvalue weighted by atomic mass is 16.5. The molecule has 0 saturated carbocycles. The number of nitrogens with one attached hydrogen (secondary N) is 1. The van der Waals surface area contributed by atoms with E-state index in [2.05, 4.69) is 39.1 Å². The SMILES string of the molecule is CCNCC(C)(C)Oc1ccccc1C. The summed E-state index contributed by atoms with van der Waals surface area (Å²) >= 11 is 0. The van der Waals surface area contributed by atoms with E-state index in [1.165, 1.54) is 5.56 Å². The van der Waals surface area contributed by atoms with Crippen LogP contribution < -0.4 is 10.1 Å². The van der Waals surface area contributed by atoms with Crippen molar-refractivity contribution in [2.45, 2.75) is 33.3 Å². The average Bonchev–Trinajstić information content (AvgIpc) is 2.18. The smallest absolute Gasteiger partial charge is 0.123 e. The first-order valence-corrected chi connectivity index (χ1v) is 5.50. The molecule has 0 amide bonds. The van der Waals surface area contributed by atoms with Crippen molar-refractivity contribution >= 4 is 0 Å². The van der Waals surface area contributed by atoms with Crippen LogP contribution in [-0.2, 0) is 0 Å². The van der Waals surface area contributed by atoms with E-state index < -0.39 is 0 Å². The average molecular weight is 207 g/mol. The Labute approximate surface area is 92.6 Å². The third kappa shape index (κ3) is 3.92. The van der Waals surface area contributed by atoms with Crippen molar-refractivity contribution in [3.05, 3.63) is 29.8 Å². The Hall–Kier alpha value is -1.02. The maximum absolute atomic E-state index is 5.97. The molecule has 0 saturated heterocycles. The first kappa shape index (κ1) is 12.1. The van der Waals surface area contributed by atoms with Gasteiger partial charge in [0.15, 0.2) is 0 Å². The lowest BCUT2D eigenvalue weighted by atomic mass is 10.1. The number of benzene rings is 1. The van der Waals surface area contributed by atoms with Crippen molar-refractivity contribution in [2.24, 2.45) is 0 Å². The number of aryl methyl sites for hydroxylation is 1. The molecule has 1 N–H and O–H groups in total. The van der Waals surface area contributed by atoms with E-state index in [9.17, 15) is 0 Å². The number of ether oxygens (including phenoxy) is 1. The molecule has 84 valence electrons. The zero-order valence-electron chi connectivity index (χ0n) is 10.1. The fourth-order valence-electron chi connectivity index (χ4n) is 1.43. The second-order valence-electron chi connectivity index (χ2n) is 4.41. The highest BCUT2D eigenvalue weighted by molar-refractivity contribution is 5.32. The third-order valence-corrected chi connectivity index (χ3v) is 2.28. The molecule has 2 heteroatoms. The van der Waals surface area contributed by atoms with E-state index in [1.807, 2.05) is 18.2 Å². The molecule has 1 aromatic rings. The number of para-hydroxylation sites is 1. The summed E-state index contributed by atoms with van der Waals surface area (Å²) in [5.74, 6) is 0.973. The summed E-state index contributed by atoms with van der Waals surface area (Å²) in [5, 5.41) is 3.30. The second-order valence-corrected chi connectivity index (χ2v) is 4.41. The van der Waals surface area contributed by atoms with Crippen LogP contribution >= 0.6 is 0 Å². The molecule has 0 aromatic heterocycles. The topological polar surface area (TPSA) is 21.3 Å². The first-order valence-electron chi connectivity index (χ1n) is 5.50. The van der Waals surface area contributed by atoms with E-state index in [-0.39, 0.29) is 5.60 Å². The molecule has 0 atom stereocenters. The Morgan fingerprint density at radius 2 is 1.93 bits per heavy atom. The van der Waals surface area contributed by atoms with Crippen LogP contribution in [0.15, 0.2) is 24.3 Å². The molecule has 0 aliphatic carbocycles. The van der Waals surface area contributed by atoms with Gasteiger partial charge in [0.25, 0.3) is 0 Å². The molecule has 0 aliphatic heterocycles. The Bertz CT molecular complexity index is 307. The molecule has 1 aromatic carbocycles. The fraction of sp³-hybridized carbons (Fsp3) is 0.538. The summed E-state index contributed by atoms with van der Waals surface area (Å²) in [6, 6.07) is 8.12. The maximum Gasteiger partial charge on any atom is 0.123 e. The van der Waals surface area contributed by atoms with Crippen molar-refractivity contribution in [2.75, 3.05) is 13.1 Å². The summed E-state index contributed by atoms with van der Waals surface area (Å²) in [4.78, 5) is 0. The van der Waals surface area contributed by atoms with Gasteiger partial charge in [-0.05, 0) is 38.9 Å². The maximum atomic E-state index is 5.97. The van der Waals surface area contributed by atoms with Crippen molar-refractivity contribution < 1.29 is 4.74 Å². The minimum atomic E-state index is -0.165. The largest absolute Gasteiger partial charge is 0.486 e. The molecule has 0 unspecified atom stereocenters. The Kier molecular flexibility index (Phi) is 4.15. The minimum Gasteiger partial charge on any atom is -0.486 e. The molecular formula is C13H21NO. The summed E-state index contributed by atoms with van der Waals surface area (Å²) in [7, 11) is 0. The van der Waals surface area contributed by atoms with Gasteiger partial charge in [0.1, 0.15) is 11.4 Å². The highest BCUT2D eigenvalue weighted by Gasteiger charge is 2.19. The quantitative estimate of drug-likeness (QED) is 0.801. The minimum absolute atomic E-state index is 0.165.